The van der Waals surface area contributed by atoms with Gasteiger partial charge in [0.25, 0.3) is 5.91 Å². The Morgan fingerprint density at radius 3 is 2.21 bits per heavy atom. The second-order valence-electron chi connectivity index (χ2n) is 6.31. The van der Waals surface area contributed by atoms with Gasteiger partial charge in [-0.1, -0.05) is 18.2 Å². The van der Waals surface area contributed by atoms with Crippen molar-refractivity contribution >= 4 is 5.91 Å². The van der Waals surface area contributed by atoms with Crippen LogP contribution in [0.2, 0.25) is 0 Å². The molecular formula is C20H23NO3. The van der Waals surface area contributed by atoms with Gasteiger partial charge >= 0.3 is 0 Å². The minimum absolute atomic E-state index is 0.0466. The predicted octanol–water partition coefficient (Wildman–Crippen LogP) is 3.71. The summed E-state index contributed by atoms with van der Waals surface area (Å²) in [6.07, 6.45) is 1.42. The summed E-state index contributed by atoms with van der Waals surface area (Å²) in [6, 6.07) is 16.8. The van der Waals surface area contributed by atoms with E-state index in [1.807, 2.05) is 54.3 Å². The van der Waals surface area contributed by atoms with Gasteiger partial charge in [0.1, 0.15) is 11.5 Å². The second kappa shape index (κ2) is 7.49. The van der Waals surface area contributed by atoms with Gasteiger partial charge in [0, 0.05) is 18.7 Å². The molecule has 1 N–H and O–H groups in total. The number of carbonyl (C=O) groups is 1. The summed E-state index contributed by atoms with van der Waals surface area (Å²) in [6.45, 7) is 3.24. The van der Waals surface area contributed by atoms with Crippen molar-refractivity contribution in [3.05, 3.63) is 60.2 Å². The van der Waals surface area contributed by atoms with Crippen LogP contribution in [0, 0.1) is 5.92 Å². The van der Waals surface area contributed by atoms with Gasteiger partial charge in [-0.3, -0.25) is 4.79 Å². The zero-order valence-corrected chi connectivity index (χ0v) is 13.9. The van der Waals surface area contributed by atoms with Crippen LogP contribution in [0.1, 0.15) is 30.1 Å². The van der Waals surface area contributed by atoms with E-state index in [1.165, 1.54) is 0 Å². The van der Waals surface area contributed by atoms with Crippen LogP contribution in [0.3, 0.4) is 0 Å². The molecule has 1 amide bonds. The van der Waals surface area contributed by atoms with E-state index in [1.54, 1.807) is 12.1 Å². The molecule has 1 aliphatic rings. The number of piperidine rings is 1. The maximum atomic E-state index is 12.6. The maximum absolute atomic E-state index is 12.6. The largest absolute Gasteiger partial charge is 0.457 e. The van der Waals surface area contributed by atoms with Crippen molar-refractivity contribution in [1.82, 2.24) is 4.90 Å². The quantitative estimate of drug-likeness (QED) is 0.932. The van der Waals surface area contributed by atoms with Crippen LogP contribution in [-0.2, 0) is 0 Å². The highest BCUT2D eigenvalue weighted by Gasteiger charge is 2.25. The number of benzene rings is 2. The molecule has 1 aliphatic heterocycles. The Bertz CT molecular complexity index is 659. The standard InChI is InChI=1S/C20H23NO3/c1-15(22)16-11-13-21(14-12-16)20(23)17-7-9-19(10-8-17)24-18-5-3-2-4-6-18/h2-10,15-16,22H,11-14H2,1H3. The van der Waals surface area contributed by atoms with E-state index >= 15 is 0 Å². The number of aliphatic hydroxyl groups excluding tert-OH is 1. The van der Waals surface area contributed by atoms with Gasteiger partial charge in [0.15, 0.2) is 0 Å². The summed E-state index contributed by atoms with van der Waals surface area (Å²) in [5, 5.41) is 9.65. The van der Waals surface area contributed by atoms with Crippen LogP contribution < -0.4 is 4.74 Å². The van der Waals surface area contributed by atoms with Crippen LogP contribution in [-0.4, -0.2) is 35.1 Å². The van der Waals surface area contributed by atoms with Crippen LogP contribution in [0.4, 0.5) is 0 Å². The first-order valence-corrected chi connectivity index (χ1v) is 8.44. The Labute approximate surface area is 142 Å². The average molecular weight is 325 g/mol. The molecule has 2 aromatic rings. The highest BCUT2D eigenvalue weighted by Crippen LogP contribution is 2.24. The van der Waals surface area contributed by atoms with E-state index in [4.69, 9.17) is 4.74 Å². The molecule has 126 valence electrons. The van der Waals surface area contributed by atoms with Crippen LogP contribution >= 0.6 is 0 Å². The Morgan fingerprint density at radius 1 is 1.04 bits per heavy atom. The molecule has 0 radical (unpaired) electrons. The van der Waals surface area contributed by atoms with Crippen LogP contribution in [0.25, 0.3) is 0 Å². The lowest BCUT2D eigenvalue weighted by molar-refractivity contribution is 0.0521. The fraction of sp³-hybridized carbons (Fsp3) is 0.350. The number of aliphatic hydroxyl groups is 1. The number of ether oxygens (including phenoxy) is 1. The highest BCUT2D eigenvalue weighted by molar-refractivity contribution is 5.94. The number of carbonyl (C=O) groups excluding carboxylic acids is 1. The zero-order chi connectivity index (χ0) is 16.9. The van der Waals surface area contributed by atoms with Crippen molar-refractivity contribution in [2.75, 3.05) is 13.1 Å². The van der Waals surface area contributed by atoms with E-state index < -0.39 is 0 Å². The molecule has 3 rings (SSSR count). The number of likely N-dealkylation sites (tertiary alicyclic amines) is 1. The van der Waals surface area contributed by atoms with Crippen molar-refractivity contribution in [3.8, 4) is 11.5 Å². The molecule has 2 aromatic carbocycles. The Hall–Kier alpha value is -2.33. The fourth-order valence-electron chi connectivity index (χ4n) is 3.06. The summed E-state index contributed by atoms with van der Waals surface area (Å²) < 4.78 is 5.75. The van der Waals surface area contributed by atoms with Gasteiger partial charge in [-0.2, -0.15) is 0 Å². The molecule has 4 nitrogen and oxygen atoms in total. The van der Waals surface area contributed by atoms with Crippen LogP contribution in [0.15, 0.2) is 54.6 Å². The minimum Gasteiger partial charge on any atom is -0.457 e. The molecule has 0 spiro atoms. The smallest absolute Gasteiger partial charge is 0.253 e. The number of nitrogens with zero attached hydrogens (tertiary/aromatic N) is 1. The SMILES string of the molecule is CC(O)C1CCN(C(=O)c2ccc(Oc3ccccc3)cc2)CC1. The molecule has 1 fully saturated rings. The summed E-state index contributed by atoms with van der Waals surface area (Å²) in [7, 11) is 0. The Balaban J connectivity index is 1.60. The van der Waals surface area contributed by atoms with Gasteiger partial charge in [0.2, 0.25) is 0 Å². The third kappa shape index (κ3) is 3.95. The lowest BCUT2D eigenvalue weighted by Crippen LogP contribution is -2.40. The van der Waals surface area contributed by atoms with Gasteiger partial charge < -0.3 is 14.7 Å². The molecule has 1 heterocycles. The monoisotopic (exact) mass is 325 g/mol. The summed E-state index contributed by atoms with van der Waals surface area (Å²) >= 11 is 0. The van der Waals surface area contributed by atoms with E-state index in [2.05, 4.69) is 0 Å². The topological polar surface area (TPSA) is 49.8 Å². The van der Waals surface area contributed by atoms with E-state index in [0.717, 1.165) is 18.6 Å². The number of rotatable bonds is 4. The number of para-hydroxylation sites is 1. The molecule has 1 saturated heterocycles. The first-order valence-electron chi connectivity index (χ1n) is 8.44. The summed E-state index contributed by atoms with van der Waals surface area (Å²) in [5.74, 6) is 1.84. The molecule has 1 atom stereocenters. The fourth-order valence-corrected chi connectivity index (χ4v) is 3.06. The Kier molecular flexibility index (Phi) is 5.16. The molecule has 0 saturated carbocycles. The molecule has 1 unspecified atom stereocenters. The first kappa shape index (κ1) is 16.5. The molecule has 24 heavy (non-hydrogen) atoms. The third-order valence-corrected chi connectivity index (χ3v) is 4.59. The van der Waals surface area contributed by atoms with E-state index in [9.17, 15) is 9.90 Å². The summed E-state index contributed by atoms with van der Waals surface area (Å²) in [5.41, 5.74) is 0.672. The van der Waals surface area contributed by atoms with Gasteiger partial charge in [-0.05, 0) is 62.1 Å². The summed E-state index contributed by atoms with van der Waals surface area (Å²) in [4.78, 5) is 14.4. The number of hydrogen-bond donors (Lipinski definition) is 1. The minimum atomic E-state index is -0.295. The predicted molar refractivity (Wildman–Crippen MR) is 93.3 cm³/mol. The lowest BCUT2D eigenvalue weighted by Gasteiger charge is -2.33. The van der Waals surface area contributed by atoms with Gasteiger partial charge in [-0.15, -0.1) is 0 Å². The Morgan fingerprint density at radius 2 is 1.62 bits per heavy atom. The highest BCUT2D eigenvalue weighted by atomic mass is 16.5. The van der Waals surface area contributed by atoms with Crippen molar-refractivity contribution in [2.45, 2.75) is 25.9 Å². The van der Waals surface area contributed by atoms with Crippen molar-refractivity contribution in [2.24, 2.45) is 5.92 Å². The van der Waals surface area contributed by atoms with E-state index in [-0.39, 0.29) is 12.0 Å². The number of amides is 1. The molecular weight excluding hydrogens is 302 g/mol. The van der Waals surface area contributed by atoms with Crippen molar-refractivity contribution in [3.63, 3.8) is 0 Å². The second-order valence-corrected chi connectivity index (χ2v) is 6.31. The molecule has 0 aromatic heterocycles. The van der Waals surface area contributed by atoms with E-state index in [0.29, 0.717) is 30.3 Å². The van der Waals surface area contributed by atoms with Crippen molar-refractivity contribution < 1.29 is 14.6 Å². The number of hydrogen-bond acceptors (Lipinski definition) is 3. The lowest BCUT2D eigenvalue weighted by atomic mass is 9.92. The normalized spacial score (nSPS) is 16.7. The zero-order valence-electron chi connectivity index (χ0n) is 13.9. The average Bonchev–Trinajstić information content (AvgIpc) is 2.63. The molecule has 0 aliphatic carbocycles. The molecule has 0 bridgehead atoms. The molecule has 4 heteroatoms. The maximum Gasteiger partial charge on any atom is 0.253 e. The van der Waals surface area contributed by atoms with Gasteiger partial charge in [-0.25, -0.2) is 0 Å². The third-order valence-electron chi connectivity index (χ3n) is 4.59. The van der Waals surface area contributed by atoms with Crippen molar-refractivity contribution in [1.29, 1.82) is 0 Å². The van der Waals surface area contributed by atoms with Gasteiger partial charge in [0.05, 0.1) is 6.10 Å². The van der Waals surface area contributed by atoms with Crippen LogP contribution in [0.5, 0.6) is 11.5 Å². The first-order chi connectivity index (χ1) is 11.6.